The fourth-order valence-electron chi connectivity index (χ4n) is 2.22. The third-order valence-electron chi connectivity index (χ3n) is 4.43. The van der Waals surface area contributed by atoms with E-state index in [1.165, 1.54) is 6.92 Å². The highest BCUT2D eigenvalue weighted by atomic mass is 16.5. The van der Waals surface area contributed by atoms with Crippen LogP contribution in [0.25, 0.3) is 11.5 Å². The van der Waals surface area contributed by atoms with E-state index in [2.05, 4.69) is 16.4 Å². The van der Waals surface area contributed by atoms with Crippen LogP contribution in [0.1, 0.15) is 43.9 Å². The van der Waals surface area contributed by atoms with Crippen molar-refractivity contribution in [2.75, 3.05) is 0 Å². The van der Waals surface area contributed by atoms with Gasteiger partial charge >= 0.3 is 5.97 Å². The molecule has 1 heterocycles. The Hall–Kier alpha value is -3.14. The highest BCUT2D eigenvalue weighted by molar-refractivity contribution is 5.92. The molecule has 0 aliphatic heterocycles. The van der Waals surface area contributed by atoms with Crippen molar-refractivity contribution in [3.8, 4) is 17.5 Å². The first-order valence-electron chi connectivity index (χ1n) is 8.65. The number of nitriles is 1. The van der Waals surface area contributed by atoms with Crippen molar-refractivity contribution >= 4 is 11.9 Å². The maximum Gasteiger partial charge on any atom is 0.361 e. The summed E-state index contributed by atoms with van der Waals surface area (Å²) in [6, 6.07) is 11.2. The molecule has 1 aromatic heterocycles. The number of benzene rings is 1. The summed E-state index contributed by atoms with van der Waals surface area (Å²) in [5.74, 6) is -0.820. The zero-order valence-corrected chi connectivity index (χ0v) is 16.1. The standard InChI is InChI=1S/C20H23N3O4/c1-12(2)20(5,11-21)23-17(24)14(4)27-19(25)16-13(3)26-18(22-16)15-9-7-6-8-10-15/h6-10,12,14H,1-5H3,(H,23,24)/t14-,20+/m0/s1. The first kappa shape index (κ1) is 20.2. The molecule has 1 aromatic carbocycles. The minimum atomic E-state index is -1.08. The first-order chi connectivity index (χ1) is 12.7. The average Bonchev–Trinajstić information content (AvgIpc) is 3.03. The summed E-state index contributed by atoms with van der Waals surface area (Å²) in [6.45, 7) is 8.32. The van der Waals surface area contributed by atoms with Gasteiger partial charge in [0.15, 0.2) is 11.8 Å². The number of oxazole rings is 1. The van der Waals surface area contributed by atoms with Gasteiger partial charge in [0.2, 0.25) is 5.89 Å². The van der Waals surface area contributed by atoms with Gasteiger partial charge in [0.05, 0.1) is 6.07 Å². The second kappa shape index (κ2) is 8.04. The van der Waals surface area contributed by atoms with E-state index in [1.807, 2.05) is 44.2 Å². The number of aromatic nitrogens is 1. The van der Waals surface area contributed by atoms with E-state index < -0.39 is 23.5 Å². The SMILES string of the molecule is Cc1oc(-c2ccccc2)nc1C(=O)O[C@@H](C)C(=O)N[C@](C)(C#N)C(C)C. The molecule has 2 atom stereocenters. The smallest absolute Gasteiger partial charge is 0.361 e. The topological polar surface area (TPSA) is 105 Å². The average molecular weight is 369 g/mol. The molecule has 0 aliphatic carbocycles. The molecule has 7 nitrogen and oxygen atoms in total. The molecule has 0 fully saturated rings. The lowest BCUT2D eigenvalue weighted by atomic mass is 9.90. The quantitative estimate of drug-likeness (QED) is 0.784. The number of esters is 1. The van der Waals surface area contributed by atoms with E-state index in [0.717, 1.165) is 5.56 Å². The van der Waals surface area contributed by atoms with Crippen LogP contribution >= 0.6 is 0 Å². The summed E-state index contributed by atoms with van der Waals surface area (Å²) >= 11 is 0. The Kier molecular flexibility index (Phi) is 6.01. The number of carbonyl (C=O) groups is 2. The predicted octanol–water partition coefficient (Wildman–Crippen LogP) is 3.25. The number of rotatable bonds is 6. The molecule has 0 aliphatic rings. The number of ether oxygens (including phenoxy) is 1. The number of hydrogen-bond acceptors (Lipinski definition) is 6. The summed E-state index contributed by atoms with van der Waals surface area (Å²) in [6.07, 6.45) is -1.08. The maximum absolute atomic E-state index is 12.4. The molecule has 1 amide bonds. The largest absolute Gasteiger partial charge is 0.448 e. The van der Waals surface area contributed by atoms with Gasteiger partial charge in [0, 0.05) is 5.56 Å². The van der Waals surface area contributed by atoms with E-state index >= 15 is 0 Å². The lowest BCUT2D eigenvalue weighted by Crippen LogP contribution is -2.52. The summed E-state index contributed by atoms with van der Waals surface area (Å²) in [5, 5.41) is 11.9. The highest BCUT2D eigenvalue weighted by Crippen LogP contribution is 2.22. The lowest BCUT2D eigenvalue weighted by molar-refractivity contribution is -0.130. The molecule has 27 heavy (non-hydrogen) atoms. The van der Waals surface area contributed by atoms with Crippen molar-refractivity contribution in [1.29, 1.82) is 5.26 Å². The fraction of sp³-hybridized carbons (Fsp3) is 0.400. The zero-order chi connectivity index (χ0) is 20.2. The van der Waals surface area contributed by atoms with Crippen LogP contribution in [0.5, 0.6) is 0 Å². The molecule has 2 aromatic rings. The predicted molar refractivity (Wildman–Crippen MR) is 98.6 cm³/mol. The summed E-state index contributed by atoms with van der Waals surface area (Å²) in [7, 11) is 0. The fourth-order valence-corrected chi connectivity index (χ4v) is 2.22. The maximum atomic E-state index is 12.4. The van der Waals surface area contributed by atoms with Crippen LogP contribution in [0.3, 0.4) is 0 Å². The van der Waals surface area contributed by atoms with Crippen LogP contribution in [0, 0.1) is 24.2 Å². The zero-order valence-electron chi connectivity index (χ0n) is 16.1. The second-order valence-corrected chi connectivity index (χ2v) is 6.80. The molecular weight excluding hydrogens is 346 g/mol. The van der Waals surface area contributed by atoms with Crippen LogP contribution in [0.15, 0.2) is 34.7 Å². The Morgan fingerprint density at radius 1 is 1.26 bits per heavy atom. The third-order valence-corrected chi connectivity index (χ3v) is 4.43. The molecule has 0 saturated heterocycles. The van der Waals surface area contributed by atoms with Crippen molar-refractivity contribution in [1.82, 2.24) is 10.3 Å². The Morgan fingerprint density at radius 2 is 1.89 bits per heavy atom. The van der Waals surface area contributed by atoms with Crippen LogP contribution in [-0.2, 0) is 9.53 Å². The minimum Gasteiger partial charge on any atom is -0.448 e. The Labute approximate surface area is 158 Å². The molecule has 0 saturated carbocycles. The van der Waals surface area contributed by atoms with Gasteiger partial charge in [0.1, 0.15) is 11.3 Å². The Morgan fingerprint density at radius 3 is 2.44 bits per heavy atom. The van der Waals surface area contributed by atoms with Gasteiger partial charge < -0.3 is 14.5 Å². The molecule has 0 bridgehead atoms. The van der Waals surface area contributed by atoms with E-state index in [4.69, 9.17) is 9.15 Å². The third kappa shape index (κ3) is 4.53. The van der Waals surface area contributed by atoms with Gasteiger partial charge in [-0.25, -0.2) is 9.78 Å². The van der Waals surface area contributed by atoms with Crippen molar-refractivity contribution in [2.45, 2.75) is 46.3 Å². The van der Waals surface area contributed by atoms with Gasteiger partial charge in [-0.1, -0.05) is 32.0 Å². The molecule has 1 N–H and O–H groups in total. The van der Waals surface area contributed by atoms with Gasteiger partial charge in [-0.3, -0.25) is 4.79 Å². The van der Waals surface area contributed by atoms with Crippen molar-refractivity contribution in [3.05, 3.63) is 41.8 Å². The number of aryl methyl sites for hydroxylation is 1. The number of amides is 1. The number of carbonyl (C=O) groups excluding carboxylic acids is 2. The van der Waals surface area contributed by atoms with Crippen molar-refractivity contribution in [2.24, 2.45) is 5.92 Å². The molecule has 0 unspecified atom stereocenters. The summed E-state index contributed by atoms with van der Waals surface area (Å²) in [4.78, 5) is 28.9. The summed E-state index contributed by atoms with van der Waals surface area (Å²) < 4.78 is 10.8. The Bertz CT molecular complexity index is 867. The van der Waals surface area contributed by atoms with E-state index in [9.17, 15) is 14.9 Å². The monoisotopic (exact) mass is 369 g/mol. The van der Waals surface area contributed by atoms with Crippen LogP contribution in [0.2, 0.25) is 0 Å². The number of nitrogens with zero attached hydrogens (tertiary/aromatic N) is 2. The van der Waals surface area contributed by atoms with Gasteiger partial charge in [-0.05, 0) is 38.8 Å². The van der Waals surface area contributed by atoms with Crippen LogP contribution in [0.4, 0.5) is 0 Å². The molecule has 0 radical (unpaired) electrons. The minimum absolute atomic E-state index is 0.0143. The van der Waals surface area contributed by atoms with Gasteiger partial charge in [0.25, 0.3) is 5.91 Å². The number of hydrogen-bond donors (Lipinski definition) is 1. The Balaban J connectivity index is 2.10. The van der Waals surface area contributed by atoms with Crippen LogP contribution < -0.4 is 5.32 Å². The molecule has 2 rings (SSSR count). The molecule has 142 valence electrons. The van der Waals surface area contributed by atoms with Gasteiger partial charge in [-0.2, -0.15) is 5.26 Å². The van der Waals surface area contributed by atoms with E-state index in [-0.39, 0.29) is 11.6 Å². The van der Waals surface area contributed by atoms with Crippen molar-refractivity contribution < 1.29 is 18.7 Å². The van der Waals surface area contributed by atoms with Crippen molar-refractivity contribution in [3.63, 3.8) is 0 Å². The molecule has 0 spiro atoms. The van der Waals surface area contributed by atoms with E-state index in [0.29, 0.717) is 11.7 Å². The van der Waals surface area contributed by atoms with Crippen LogP contribution in [-0.4, -0.2) is 28.5 Å². The summed E-state index contributed by atoms with van der Waals surface area (Å²) in [5.41, 5.74) is -0.310. The first-order valence-corrected chi connectivity index (χ1v) is 8.65. The molecular formula is C20H23N3O4. The van der Waals surface area contributed by atoms with Gasteiger partial charge in [-0.15, -0.1) is 0 Å². The second-order valence-electron chi connectivity index (χ2n) is 6.80. The lowest BCUT2D eigenvalue weighted by Gasteiger charge is -2.28. The normalized spacial score (nSPS) is 14.1. The van der Waals surface area contributed by atoms with E-state index in [1.54, 1.807) is 13.8 Å². The number of nitrogens with one attached hydrogen (secondary N) is 1. The molecule has 7 heteroatoms. The highest BCUT2D eigenvalue weighted by Gasteiger charge is 2.33.